The molecule has 0 aliphatic rings. The molecule has 124 valence electrons. The minimum atomic E-state index is -3.41. The van der Waals surface area contributed by atoms with Gasteiger partial charge in [0.15, 0.2) is 9.84 Å². The zero-order valence-corrected chi connectivity index (χ0v) is 14.2. The summed E-state index contributed by atoms with van der Waals surface area (Å²) in [6.07, 6.45) is 2.78. The number of sulfone groups is 1. The number of carbonyl (C=O) groups is 1. The Morgan fingerprint density at radius 2 is 1.92 bits per heavy atom. The Morgan fingerprint density at radius 3 is 2.67 bits per heavy atom. The predicted octanol–water partition coefficient (Wildman–Crippen LogP) is 3.33. The first kappa shape index (κ1) is 16.3. The highest BCUT2D eigenvalue weighted by molar-refractivity contribution is 7.90. The first-order valence-corrected chi connectivity index (χ1v) is 9.29. The van der Waals surface area contributed by atoms with Gasteiger partial charge in [-0.3, -0.25) is 4.79 Å². The SMILES string of the molecule is Cc1ccc2c(CC(=O)Nc3ccccc3S(C)(=O)=O)coc2c1. The van der Waals surface area contributed by atoms with Gasteiger partial charge in [0.25, 0.3) is 0 Å². The Balaban J connectivity index is 1.84. The lowest BCUT2D eigenvalue weighted by Crippen LogP contribution is -2.16. The van der Waals surface area contributed by atoms with E-state index in [4.69, 9.17) is 4.42 Å². The summed E-state index contributed by atoms with van der Waals surface area (Å²) in [5, 5.41) is 3.55. The molecule has 1 amide bonds. The predicted molar refractivity (Wildman–Crippen MR) is 92.8 cm³/mol. The van der Waals surface area contributed by atoms with Gasteiger partial charge < -0.3 is 9.73 Å². The summed E-state index contributed by atoms with van der Waals surface area (Å²) in [4.78, 5) is 12.4. The summed E-state index contributed by atoms with van der Waals surface area (Å²) in [7, 11) is -3.41. The van der Waals surface area contributed by atoms with Crippen molar-refractivity contribution in [3.8, 4) is 0 Å². The van der Waals surface area contributed by atoms with Crippen LogP contribution in [0.5, 0.6) is 0 Å². The van der Waals surface area contributed by atoms with Gasteiger partial charge in [0.05, 0.1) is 23.3 Å². The molecule has 1 aromatic heterocycles. The zero-order valence-electron chi connectivity index (χ0n) is 13.4. The summed E-state index contributed by atoms with van der Waals surface area (Å²) in [5.74, 6) is -0.297. The van der Waals surface area contributed by atoms with E-state index in [1.54, 1.807) is 24.5 Å². The number of hydrogen-bond donors (Lipinski definition) is 1. The Kier molecular flexibility index (Phi) is 4.15. The van der Waals surface area contributed by atoms with E-state index < -0.39 is 9.84 Å². The lowest BCUT2D eigenvalue weighted by Gasteiger charge is -2.09. The van der Waals surface area contributed by atoms with Crippen LogP contribution in [0.3, 0.4) is 0 Å². The maximum absolute atomic E-state index is 12.3. The molecule has 1 N–H and O–H groups in total. The van der Waals surface area contributed by atoms with Gasteiger partial charge in [-0.15, -0.1) is 0 Å². The van der Waals surface area contributed by atoms with Crippen molar-refractivity contribution >= 4 is 32.4 Å². The van der Waals surface area contributed by atoms with Crippen LogP contribution in [0.1, 0.15) is 11.1 Å². The van der Waals surface area contributed by atoms with E-state index in [1.165, 1.54) is 6.07 Å². The Labute approximate surface area is 140 Å². The van der Waals surface area contributed by atoms with Gasteiger partial charge in [-0.2, -0.15) is 0 Å². The number of hydrogen-bond acceptors (Lipinski definition) is 4. The van der Waals surface area contributed by atoms with E-state index in [2.05, 4.69) is 5.32 Å². The Bertz CT molecular complexity index is 1020. The average molecular weight is 343 g/mol. The van der Waals surface area contributed by atoms with Gasteiger partial charge >= 0.3 is 0 Å². The van der Waals surface area contributed by atoms with Gasteiger partial charge in [-0.05, 0) is 30.7 Å². The second-order valence-electron chi connectivity index (χ2n) is 5.75. The van der Waals surface area contributed by atoms with Crippen LogP contribution >= 0.6 is 0 Å². The average Bonchev–Trinajstić information content (AvgIpc) is 2.88. The van der Waals surface area contributed by atoms with Crippen LogP contribution in [0.25, 0.3) is 11.0 Å². The Morgan fingerprint density at radius 1 is 1.17 bits per heavy atom. The maximum Gasteiger partial charge on any atom is 0.228 e. The lowest BCUT2D eigenvalue weighted by molar-refractivity contribution is -0.115. The molecule has 5 nitrogen and oxygen atoms in total. The van der Waals surface area contributed by atoms with Crippen LogP contribution < -0.4 is 5.32 Å². The van der Waals surface area contributed by atoms with Crippen molar-refractivity contribution < 1.29 is 17.6 Å². The fourth-order valence-corrected chi connectivity index (χ4v) is 3.43. The fourth-order valence-electron chi connectivity index (χ4n) is 2.59. The van der Waals surface area contributed by atoms with E-state index in [9.17, 15) is 13.2 Å². The summed E-state index contributed by atoms with van der Waals surface area (Å²) in [6, 6.07) is 12.1. The van der Waals surface area contributed by atoms with Crippen LogP contribution in [-0.4, -0.2) is 20.6 Å². The maximum atomic E-state index is 12.3. The molecule has 0 atom stereocenters. The molecule has 0 fully saturated rings. The van der Waals surface area contributed by atoms with Crippen LogP contribution in [-0.2, 0) is 21.1 Å². The topological polar surface area (TPSA) is 76.4 Å². The second-order valence-corrected chi connectivity index (χ2v) is 7.74. The third-order valence-corrected chi connectivity index (χ3v) is 4.88. The number of aryl methyl sites for hydroxylation is 1. The molecule has 0 aliphatic carbocycles. The molecule has 2 aromatic carbocycles. The number of benzene rings is 2. The number of amides is 1. The van der Waals surface area contributed by atoms with Crippen LogP contribution in [0.4, 0.5) is 5.69 Å². The highest BCUT2D eigenvalue weighted by atomic mass is 32.2. The van der Waals surface area contributed by atoms with Gasteiger partial charge in [0.2, 0.25) is 5.91 Å². The van der Waals surface area contributed by atoms with E-state index in [1.807, 2.05) is 25.1 Å². The number of nitrogens with one attached hydrogen (secondary N) is 1. The number of para-hydroxylation sites is 1. The molecule has 3 aromatic rings. The number of carbonyl (C=O) groups excluding carboxylic acids is 1. The molecule has 0 unspecified atom stereocenters. The van der Waals surface area contributed by atoms with Gasteiger partial charge in [0, 0.05) is 17.2 Å². The largest absolute Gasteiger partial charge is 0.464 e. The molecule has 0 aliphatic heterocycles. The molecule has 0 radical (unpaired) electrons. The molecule has 24 heavy (non-hydrogen) atoms. The monoisotopic (exact) mass is 343 g/mol. The van der Waals surface area contributed by atoms with Crippen LogP contribution in [0, 0.1) is 6.92 Å². The molecule has 6 heteroatoms. The van der Waals surface area contributed by atoms with Crippen molar-refractivity contribution in [2.75, 3.05) is 11.6 Å². The smallest absolute Gasteiger partial charge is 0.228 e. The number of fused-ring (bicyclic) bond motifs is 1. The van der Waals surface area contributed by atoms with Crippen LogP contribution in [0.2, 0.25) is 0 Å². The normalized spacial score (nSPS) is 11.6. The van der Waals surface area contributed by atoms with Gasteiger partial charge in [-0.25, -0.2) is 8.42 Å². The Hall–Kier alpha value is -2.60. The van der Waals surface area contributed by atoms with Crippen molar-refractivity contribution in [3.63, 3.8) is 0 Å². The molecule has 0 saturated carbocycles. The first-order valence-electron chi connectivity index (χ1n) is 7.40. The van der Waals surface area contributed by atoms with E-state index in [0.29, 0.717) is 0 Å². The number of anilines is 1. The number of rotatable bonds is 4. The van der Waals surface area contributed by atoms with Crippen LogP contribution in [0.15, 0.2) is 58.0 Å². The van der Waals surface area contributed by atoms with Crippen molar-refractivity contribution in [2.24, 2.45) is 0 Å². The van der Waals surface area contributed by atoms with Gasteiger partial charge in [0.1, 0.15) is 5.58 Å². The minimum absolute atomic E-state index is 0.103. The van der Waals surface area contributed by atoms with E-state index in [-0.39, 0.29) is 22.9 Å². The second kappa shape index (κ2) is 6.13. The van der Waals surface area contributed by atoms with Crippen molar-refractivity contribution in [2.45, 2.75) is 18.2 Å². The molecular formula is C18H17NO4S. The summed E-state index contributed by atoms with van der Waals surface area (Å²) in [5.41, 5.74) is 2.86. The van der Waals surface area contributed by atoms with E-state index >= 15 is 0 Å². The molecule has 0 spiro atoms. The third-order valence-electron chi connectivity index (χ3n) is 3.72. The van der Waals surface area contributed by atoms with Crippen molar-refractivity contribution in [3.05, 3.63) is 59.9 Å². The van der Waals surface area contributed by atoms with Crippen molar-refractivity contribution in [1.29, 1.82) is 0 Å². The highest BCUT2D eigenvalue weighted by Gasteiger charge is 2.16. The highest BCUT2D eigenvalue weighted by Crippen LogP contribution is 2.24. The third kappa shape index (κ3) is 3.33. The molecule has 3 rings (SSSR count). The molecule has 0 saturated heterocycles. The summed E-state index contributed by atoms with van der Waals surface area (Å²) >= 11 is 0. The molecular weight excluding hydrogens is 326 g/mol. The zero-order chi connectivity index (χ0) is 17.3. The molecule has 1 heterocycles. The standard InChI is InChI=1S/C18H17NO4S/c1-12-7-8-14-13(11-23-16(14)9-12)10-18(20)19-15-5-3-4-6-17(15)24(2,21)22/h3-9,11H,10H2,1-2H3,(H,19,20). The summed E-state index contributed by atoms with van der Waals surface area (Å²) in [6.45, 7) is 1.97. The van der Waals surface area contributed by atoms with Gasteiger partial charge in [-0.1, -0.05) is 24.3 Å². The quantitative estimate of drug-likeness (QED) is 0.788. The lowest BCUT2D eigenvalue weighted by atomic mass is 10.1. The van der Waals surface area contributed by atoms with E-state index in [0.717, 1.165) is 28.4 Å². The fraction of sp³-hybridized carbons (Fsp3) is 0.167. The first-order chi connectivity index (χ1) is 11.3. The number of furan rings is 1. The summed E-state index contributed by atoms with van der Waals surface area (Å²) < 4.78 is 29.1. The molecule has 0 bridgehead atoms. The minimum Gasteiger partial charge on any atom is -0.464 e. The van der Waals surface area contributed by atoms with Crippen molar-refractivity contribution in [1.82, 2.24) is 0 Å².